The minimum absolute atomic E-state index is 0.577. The molecular weight excluding hydrogens is 364 g/mol. The second-order valence-corrected chi connectivity index (χ2v) is 7.95. The van der Waals surface area contributed by atoms with Gasteiger partial charge in [0.25, 0.3) is 0 Å². The van der Waals surface area contributed by atoms with Crippen molar-refractivity contribution >= 4 is 23.1 Å². The molecule has 2 aromatic heterocycles. The summed E-state index contributed by atoms with van der Waals surface area (Å²) in [5.74, 6) is 3.29. The van der Waals surface area contributed by atoms with Crippen LogP contribution in [0.1, 0.15) is 30.3 Å². The standard InChI is InChI=1S/C19H20N4OS2/c1-3-10-23-17(13-8-9-13)21-22-19(23)26-12-14-11-25-18(20-14)15-6-4-5-7-16(15)24-2/h3-7,11,13H,1,8-10,12H2,2H3. The number of hydrogen-bond acceptors (Lipinski definition) is 6. The second kappa shape index (κ2) is 7.63. The van der Waals surface area contributed by atoms with Crippen molar-refractivity contribution in [2.24, 2.45) is 0 Å². The highest BCUT2D eigenvalue weighted by atomic mass is 32.2. The Morgan fingerprint density at radius 3 is 2.96 bits per heavy atom. The summed E-state index contributed by atoms with van der Waals surface area (Å²) >= 11 is 3.32. The van der Waals surface area contributed by atoms with E-state index < -0.39 is 0 Å². The number of para-hydroxylation sites is 1. The summed E-state index contributed by atoms with van der Waals surface area (Å²) in [6.45, 7) is 4.62. The van der Waals surface area contributed by atoms with E-state index in [4.69, 9.17) is 9.72 Å². The van der Waals surface area contributed by atoms with Crippen molar-refractivity contribution in [2.45, 2.75) is 36.2 Å². The van der Waals surface area contributed by atoms with Crippen molar-refractivity contribution in [2.75, 3.05) is 7.11 Å². The molecular formula is C19H20N4OS2. The first kappa shape index (κ1) is 17.3. The van der Waals surface area contributed by atoms with Gasteiger partial charge in [0.05, 0.1) is 18.4 Å². The van der Waals surface area contributed by atoms with Crippen molar-refractivity contribution in [1.29, 1.82) is 0 Å². The molecule has 0 spiro atoms. The minimum atomic E-state index is 0.577. The van der Waals surface area contributed by atoms with Crippen LogP contribution < -0.4 is 4.74 Å². The lowest BCUT2D eigenvalue weighted by molar-refractivity contribution is 0.416. The van der Waals surface area contributed by atoms with Crippen LogP contribution in [0.4, 0.5) is 0 Å². The average Bonchev–Trinajstić information content (AvgIpc) is 3.27. The van der Waals surface area contributed by atoms with Crippen LogP contribution in [-0.2, 0) is 12.3 Å². The topological polar surface area (TPSA) is 52.8 Å². The summed E-state index contributed by atoms with van der Waals surface area (Å²) in [5.41, 5.74) is 2.07. The van der Waals surface area contributed by atoms with Crippen molar-refractivity contribution in [1.82, 2.24) is 19.7 Å². The van der Waals surface area contributed by atoms with E-state index >= 15 is 0 Å². The number of thiazole rings is 1. The van der Waals surface area contributed by atoms with Crippen LogP contribution in [0.3, 0.4) is 0 Å². The third-order valence-corrected chi connectivity index (χ3v) is 6.16. The van der Waals surface area contributed by atoms with E-state index in [0.29, 0.717) is 5.92 Å². The highest BCUT2D eigenvalue weighted by molar-refractivity contribution is 7.98. The molecule has 0 bridgehead atoms. The third kappa shape index (κ3) is 3.54. The first-order valence-electron chi connectivity index (χ1n) is 8.54. The van der Waals surface area contributed by atoms with Gasteiger partial charge in [-0.3, -0.25) is 0 Å². The summed E-state index contributed by atoms with van der Waals surface area (Å²) in [6.07, 6.45) is 4.34. The van der Waals surface area contributed by atoms with Gasteiger partial charge in [-0.2, -0.15) is 0 Å². The lowest BCUT2D eigenvalue weighted by Gasteiger charge is -2.06. The molecule has 1 aliphatic rings. The maximum Gasteiger partial charge on any atom is 0.191 e. The Labute approximate surface area is 161 Å². The highest BCUT2D eigenvalue weighted by Gasteiger charge is 2.30. The van der Waals surface area contributed by atoms with Crippen LogP contribution in [-0.4, -0.2) is 26.9 Å². The predicted molar refractivity (Wildman–Crippen MR) is 106 cm³/mol. The molecule has 1 fully saturated rings. The minimum Gasteiger partial charge on any atom is -0.496 e. The molecule has 0 amide bonds. The smallest absolute Gasteiger partial charge is 0.191 e. The maximum absolute atomic E-state index is 5.44. The summed E-state index contributed by atoms with van der Waals surface area (Å²) in [7, 11) is 1.69. The van der Waals surface area contributed by atoms with Crippen LogP contribution in [0.25, 0.3) is 10.6 Å². The first-order chi connectivity index (χ1) is 12.8. The molecule has 26 heavy (non-hydrogen) atoms. The van der Waals surface area contributed by atoms with Gasteiger partial charge < -0.3 is 9.30 Å². The monoisotopic (exact) mass is 384 g/mol. The van der Waals surface area contributed by atoms with Gasteiger partial charge in [0, 0.05) is 23.6 Å². The van der Waals surface area contributed by atoms with Gasteiger partial charge in [-0.15, -0.1) is 28.1 Å². The summed E-state index contributed by atoms with van der Waals surface area (Å²) < 4.78 is 7.63. The van der Waals surface area contributed by atoms with E-state index in [-0.39, 0.29) is 0 Å². The van der Waals surface area contributed by atoms with Gasteiger partial charge in [-0.1, -0.05) is 30.0 Å². The number of nitrogens with zero attached hydrogens (tertiary/aromatic N) is 4. The molecule has 0 N–H and O–H groups in total. The van der Waals surface area contributed by atoms with Crippen molar-refractivity contribution in [3.8, 4) is 16.3 Å². The lowest BCUT2D eigenvalue weighted by Crippen LogP contribution is -2.02. The van der Waals surface area contributed by atoms with Crippen LogP contribution in [0.15, 0.2) is 47.5 Å². The Balaban J connectivity index is 1.49. The van der Waals surface area contributed by atoms with Gasteiger partial charge in [0.15, 0.2) is 5.16 Å². The zero-order chi connectivity index (χ0) is 17.9. The zero-order valence-corrected chi connectivity index (χ0v) is 16.2. The van der Waals surface area contributed by atoms with E-state index in [1.165, 1.54) is 12.8 Å². The fourth-order valence-electron chi connectivity index (χ4n) is 2.81. The SMILES string of the molecule is C=CCn1c(SCc2csc(-c3ccccc3OC)n2)nnc1C1CC1. The third-order valence-electron chi connectivity index (χ3n) is 4.24. The van der Waals surface area contributed by atoms with E-state index in [9.17, 15) is 0 Å². The van der Waals surface area contributed by atoms with Gasteiger partial charge in [0.1, 0.15) is 16.6 Å². The molecule has 3 aromatic rings. The quantitative estimate of drug-likeness (QED) is 0.414. The van der Waals surface area contributed by atoms with E-state index in [1.807, 2.05) is 30.3 Å². The molecule has 7 heteroatoms. The zero-order valence-electron chi connectivity index (χ0n) is 14.6. The average molecular weight is 385 g/mol. The van der Waals surface area contributed by atoms with Gasteiger partial charge in [0.2, 0.25) is 0 Å². The number of benzene rings is 1. The van der Waals surface area contributed by atoms with Crippen molar-refractivity contribution in [3.63, 3.8) is 0 Å². The number of allylic oxidation sites excluding steroid dienone is 1. The molecule has 0 atom stereocenters. The van der Waals surface area contributed by atoms with Crippen LogP contribution in [0, 0.1) is 0 Å². The van der Waals surface area contributed by atoms with Crippen molar-refractivity contribution < 1.29 is 4.74 Å². The fourth-order valence-corrected chi connectivity index (χ4v) is 4.61. The first-order valence-corrected chi connectivity index (χ1v) is 10.4. The summed E-state index contributed by atoms with van der Waals surface area (Å²) in [4.78, 5) is 4.77. The van der Waals surface area contributed by atoms with Crippen molar-refractivity contribution in [3.05, 3.63) is 53.8 Å². The Morgan fingerprint density at radius 2 is 2.19 bits per heavy atom. The normalized spacial score (nSPS) is 13.7. The van der Waals surface area contributed by atoms with Crippen LogP contribution in [0.2, 0.25) is 0 Å². The number of thioether (sulfide) groups is 1. The molecule has 0 radical (unpaired) electrons. The molecule has 134 valence electrons. The van der Waals surface area contributed by atoms with Crippen LogP contribution >= 0.6 is 23.1 Å². The molecule has 0 saturated heterocycles. The molecule has 2 heterocycles. The highest BCUT2D eigenvalue weighted by Crippen LogP contribution is 2.40. The molecule has 1 aromatic carbocycles. The number of methoxy groups -OCH3 is 1. The summed E-state index contributed by atoms with van der Waals surface area (Å²) in [5, 5.41) is 12.8. The molecule has 0 aliphatic heterocycles. The van der Waals surface area contributed by atoms with Gasteiger partial charge >= 0.3 is 0 Å². The van der Waals surface area contributed by atoms with E-state index in [2.05, 4.69) is 26.7 Å². The second-order valence-electron chi connectivity index (χ2n) is 6.15. The molecule has 1 aliphatic carbocycles. The predicted octanol–water partition coefficient (Wildman–Crippen LogP) is 4.77. The van der Waals surface area contributed by atoms with E-state index in [0.717, 1.165) is 45.3 Å². The lowest BCUT2D eigenvalue weighted by atomic mass is 10.2. The Bertz CT molecular complexity index is 914. The number of hydrogen-bond donors (Lipinski definition) is 0. The van der Waals surface area contributed by atoms with Crippen LogP contribution in [0.5, 0.6) is 5.75 Å². The maximum atomic E-state index is 5.44. The largest absolute Gasteiger partial charge is 0.496 e. The van der Waals surface area contributed by atoms with E-state index in [1.54, 1.807) is 30.2 Å². The molecule has 1 saturated carbocycles. The van der Waals surface area contributed by atoms with Gasteiger partial charge in [-0.05, 0) is 25.0 Å². The number of ether oxygens (including phenoxy) is 1. The molecule has 5 nitrogen and oxygen atoms in total. The fraction of sp³-hybridized carbons (Fsp3) is 0.316. The Kier molecular flexibility index (Phi) is 5.08. The Hall–Kier alpha value is -2.12. The number of aromatic nitrogens is 4. The number of rotatable bonds is 8. The molecule has 0 unspecified atom stereocenters. The van der Waals surface area contributed by atoms with Gasteiger partial charge in [-0.25, -0.2) is 4.98 Å². The summed E-state index contributed by atoms with van der Waals surface area (Å²) in [6, 6.07) is 7.97. The Morgan fingerprint density at radius 1 is 1.35 bits per heavy atom. The molecule has 4 rings (SSSR count).